The number of hydrogen-bond acceptors (Lipinski definition) is 3. The summed E-state index contributed by atoms with van der Waals surface area (Å²) >= 11 is 0. The van der Waals surface area contributed by atoms with Crippen molar-refractivity contribution in [2.45, 2.75) is 25.6 Å². The Balaban J connectivity index is 3.88. The molecule has 0 aromatic rings. The molecule has 0 aliphatic heterocycles. The first-order valence-electron chi connectivity index (χ1n) is 3.68. The van der Waals surface area contributed by atoms with Crippen molar-refractivity contribution in [3.05, 3.63) is 0 Å². The Hall–Kier alpha value is -1.00. The van der Waals surface area contributed by atoms with Gasteiger partial charge in [-0.1, -0.05) is 18.8 Å². The first-order chi connectivity index (χ1) is 5.70. The molecule has 0 saturated carbocycles. The molecule has 0 aromatic carbocycles. The lowest BCUT2D eigenvalue weighted by Crippen LogP contribution is -2.07. The highest BCUT2D eigenvalue weighted by Gasteiger charge is 1.91. The van der Waals surface area contributed by atoms with Crippen molar-refractivity contribution >= 4 is 0 Å². The average Bonchev–Trinajstić information content (AvgIpc) is 2.11. The summed E-state index contributed by atoms with van der Waals surface area (Å²) in [6.45, 7) is 1.40. The van der Waals surface area contributed by atoms with E-state index in [0.717, 1.165) is 0 Å². The zero-order valence-corrected chi connectivity index (χ0v) is 6.91. The third-order valence-corrected chi connectivity index (χ3v) is 1.10. The van der Waals surface area contributed by atoms with E-state index in [4.69, 9.17) is 15.3 Å². The van der Waals surface area contributed by atoms with Gasteiger partial charge in [-0.15, -0.1) is 0 Å². The standard InChI is InChI=1S/C9H12O3/c1-2-8(11)5-3-4-6-9(12)7-10/h8-12H,2,7H2,1H3. The van der Waals surface area contributed by atoms with Gasteiger partial charge in [0.1, 0.15) is 12.2 Å². The van der Waals surface area contributed by atoms with E-state index in [-0.39, 0.29) is 0 Å². The normalized spacial score (nSPS) is 13.3. The summed E-state index contributed by atoms with van der Waals surface area (Å²) in [5, 5.41) is 26.0. The van der Waals surface area contributed by atoms with E-state index >= 15 is 0 Å². The Morgan fingerprint density at radius 1 is 1.08 bits per heavy atom. The lowest BCUT2D eigenvalue weighted by atomic mass is 10.3. The van der Waals surface area contributed by atoms with Crippen molar-refractivity contribution in [3.63, 3.8) is 0 Å². The minimum Gasteiger partial charge on any atom is -0.393 e. The van der Waals surface area contributed by atoms with E-state index in [9.17, 15) is 0 Å². The fraction of sp³-hybridized carbons (Fsp3) is 0.556. The molecule has 0 fully saturated rings. The minimum absolute atomic E-state index is 0.398. The molecular weight excluding hydrogens is 156 g/mol. The fourth-order valence-electron chi connectivity index (χ4n) is 0.386. The van der Waals surface area contributed by atoms with Gasteiger partial charge in [0.25, 0.3) is 0 Å². The van der Waals surface area contributed by atoms with Gasteiger partial charge in [0.15, 0.2) is 0 Å². The van der Waals surface area contributed by atoms with Crippen LogP contribution in [-0.2, 0) is 0 Å². The maximum absolute atomic E-state index is 8.93. The van der Waals surface area contributed by atoms with Crippen LogP contribution in [0.25, 0.3) is 0 Å². The first-order valence-corrected chi connectivity index (χ1v) is 3.68. The largest absolute Gasteiger partial charge is 0.393 e. The maximum Gasteiger partial charge on any atom is 0.138 e. The van der Waals surface area contributed by atoms with Crippen LogP contribution in [0.3, 0.4) is 0 Å². The summed E-state index contributed by atoms with van der Waals surface area (Å²) < 4.78 is 0. The number of aliphatic hydroxyl groups excluding tert-OH is 3. The van der Waals surface area contributed by atoms with Crippen molar-refractivity contribution < 1.29 is 15.3 Å². The fourth-order valence-corrected chi connectivity index (χ4v) is 0.386. The van der Waals surface area contributed by atoms with Crippen molar-refractivity contribution in [1.82, 2.24) is 0 Å². The Morgan fingerprint density at radius 3 is 2.00 bits per heavy atom. The predicted octanol–water partition coefficient (Wildman–Crippen LogP) is -0.883. The summed E-state index contributed by atoms with van der Waals surface area (Å²) in [6, 6.07) is 0. The molecule has 0 heterocycles. The molecule has 0 aliphatic carbocycles. The van der Waals surface area contributed by atoms with Crippen LogP contribution in [0.2, 0.25) is 0 Å². The molecule has 0 radical (unpaired) electrons. The van der Waals surface area contributed by atoms with Gasteiger partial charge in [-0.25, -0.2) is 0 Å². The molecule has 3 N–H and O–H groups in total. The van der Waals surface area contributed by atoms with Crippen LogP contribution < -0.4 is 0 Å². The summed E-state index contributed by atoms with van der Waals surface area (Å²) in [6.07, 6.45) is -1.15. The van der Waals surface area contributed by atoms with Crippen LogP contribution in [0, 0.1) is 23.7 Å². The average molecular weight is 168 g/mol. The molecule has 3 heteroatoms. The van der Waals surface area contributed by atoms with E-state index in [2.05, 4.69) is 23.7 Å². The van der Waals surface area contributed by atoms with Crippen LogP contribution in [0.1, 0.15) is 13.3 Å². The molecule has 2 unspecified atom stereocenters. The minimum atomic E-state index is -1.04. The first kappa shape index (κ1) is 11.0. The summed E-state index contributed by atoms with van der Waals surface area (Å²) in [4.78, 5) is 0. The second-order valence-electron chi connectivity index (χ2n) is 2.16. The molecule has 0 bridgehead atoms. The SMILES string of the molecule is CCC(O)C#CC#CC(O)CO. The van der Waals surface area contributed by atoms with Crippen molar-refractivity contribution in [2.24, 2.45) is 0 Å². The highest BCUT2D eigenvalue weighted by molar-refractivity contribution is 5.28. The topological polar surface area (TPSA) is 60.7 Å². The summed E-state index contributed by atoms with van der Waals surface area (Å²) in [5.41, 5.74) is 0. The van der Waals surface area contributed by atoms with Crippen LogP contribution in [0.15, 0.2) is 0 Å². The van der Waals surface area contributed by atoms with Gasteiger partial charge in [-0.05, 0) is 18.3 Å². The van der Waals surface area contributed by atoms with E-state index in [0.29, 0.717) is 6.42 Å². The number of hydrogen-bond donors (Lipinski definition) is 3. The van der Waals surface area contributed by atoms with Crippen molar-refractivity contribution in [2.75, 3.05) is 6.61 Å². The molecule has 0 aliphatic rings. The maximum atomic E-state index is 8.93. The highest BCUT2D eigenvalue weighted by atomic mass is 16.3. The molecule has 0 rings (SSSR count). The van der Waals surface area contributed by atoms with Gasteiger partial charge < -0.3 is 15.3 Å². The molecule has 0 saturated heterocycles. The second kappa shape index (κ2) is 6.69. The molecular formula is C9H12O3. The number of aliphatic hydroxyl groups is 3. The van der Waals surface area contributed by atoms with Gasteiger partial charge in [-0.3, -0.25) is 0 Å². The van der Waals surface area contributed by atoms with E-state index < -0.39 is 18.8 Å². The third-order valence-electron chi connectivity index (χ3n) is 1.10. The van der Waals surface area contributed by atoms with Gasteiger partial charge in [0.2, 0.25) is 0 Å². The van der Waals surface area contributed by atoms with Crippen molar-refractivity contribution in [1.29, 1.82) is 0 Å². The smallest absolute Gasteiger partial charge is 0.138 e. The van der Waals surface area contributed by atoms with Gasteiger partial charge in [-0.2, -0.15) is 0 Å². The zero-order valence-electron chi connectivity index (χ0n) is 6.91. The van der Waals surface area contributed by atoms with E-state index in [1.165, 1.54) is 0 Å². The van der Waals surface area contributed by atoms with Gasteiger partial charge >= 0.3 is 0 Å². The lowest BCUT2D eigenvalue weighted by Gasteiger charge is -1.92. The summed E-state index contributed by atoms with van der Waals surface area (Å²) in [5.74, 6) is 9.42. The molecule has 66 valence electrons. The van der Waals surface area contributed by atoms with Gasteiger partial charge in [0.05, 0.1) is 6.61 Å². The monoisotopic (exact) mass is 168 g/mol. The predicted molar refractivity (Wildman–Crippen MR) is 44.9 cm³/mol. The quantitative estimate of drug-likeness (QED) is 0.469. The molecule has 2 atom stereocenters. The van der Waals surface area contributed by atoms with Crippen LogP contribution in [0.4, 0.5) is 0 Å². The van der Waals surface area contributed by atoms with E-state index in [1.54, 1.807) is 6.92 Å². The highest BCUT2D eigenvalue weighted by Crippen LogP contribution is 1.84. The van der Waals surface area contributed by atoms with Crippen molar-refractivity contribution in [3.8, 4) is 23.7 Å². The molecule has 0 spiro atoms. The Kier molecular flexibility index (Phi) is 6.14. The number of rotatable bonds is 2. The Morgan fingerprint density at radius 2 is 1.58 bits per heavy atom. The molecule has 0 aromatic heterocycles. The zero-order chi connectivity index (χ0) is 9.40. The molecule has 12 heavy (non-hydrogen) atoms. The summed E-state index contributed by atoms with van der Waals surface area (Å²) in [7, 11) is 0. The Labute approximate surface area is 72.0 Å². The molecule has 3 nitrogen and oxygen atoms in total. The second-order valence-corrected chi connectivity index (χ2v) is 2.16. The van der Waals surface area contributed by atoms with Crippen LogP contribution in [0.5, 0.6) is 0 Å². The van der Waals surface area contributed by atoms with Gasteiger partial charge in [0, 0.05) is 0 Å². The van der Waals surface area contributed by atoms with Crippen LogP contribution >= 0.6 is 0 Å². The lowest BCUT2D eigenvalue weighted by molar-refractivity contribution is 0.138. The third kappa shape index (κ3) is 5.76. The molecule has 0 amide bonds. The van der Waals surface area contributed by atoms with E-state index in [1.807, 2.05) is 0 Å². The van der Waals surface area contributed by atoms with Crippen LogP contribution in [-0.4, -0.2) is 34.1 Å². The Bertz CT molecular complexity index is 200.